The Morgan fingerprint density at radius 3 is 2.36 bits per heavy atom. The molecule has 1 aliphatic rings. The first-order valence-corrected chi connectivity index (χ1v) is 14.8. The van der Waals surface area contributed by atoms with Crippen LogP contribution in [0.1, 0.15) is 57.7 Å². The minimum Gasteiger partial charge on any atom is -0.481 e. The van der Waals surface area contributed by atoms with Crippen molar-refractivity contribution in [1.29, 1.82) is 0 Å². The number of nitrogens with one attached hydrogen (secondary N) is 3. The summed E-state index contributed by atoms with van der Waals surface area (Å²) in [7, 11) is 0. The number of amides is 4. The SMILES string of the molecule is Cc1ncsc1-c1ccc(CNC(=O)C2C[C@@H](O)CN2C(=O)C(C)NC(=O)[C@H](CC(C)C)NC(=O)CCC(=O)O)cc1. The Balaban J connectivity index is 1.59. The summed E-state index contributed by atoms with van der Waals surface area (Å²) in [5, 5.41) is 27.1. The van der Waals surface area contributed by atoms with Gasteiger partial charge in [0.15, 0.2) is 0 Å². The number of carboxylic acids is 1. The Kier molecular flexibility index (Phi) is 11.6. The number of hydrogen-bond acceptors (Lipinski definition) is 8. The molecular formula is C29H39N5O7S. The zero-order chi connectivity index (χ0) is 31.0. The molecule has 1 saturated heterocycles. The van der Waals surface area contributed by atoms with Crippen LogP contribution in [0.4, 0.5) is 0 Å². The summed E-state index contributed by atoms with van der Waals surface area (Å²) in [5.74, 6) is -3.22. The summed E-state index contributed by atoms with van der Waals surface area (Å²) in [6, 6.07) is 4.83. The summed E-state index contributed by atoms with van der Waals surface area (Å²) < 4.78 is 0. The van der Waals surface area contributed by atoms with E-state index >= 15 is 0 Å². The largest absolute Gasteiger partial charge is 0.481 e. The number of aromatic nitrogens is 1. The van der Waals surface area contributed by atoms with Crippen LogP contribution in [0.2, 0.25) is 0 Å². The maximum absolute atomic E-state index is 13.3. The molecule has 0 spiro atoms. The zero-order valence-electron chi connectivity index (χ0n) is 24.3. The number of carbonyl (C=O) groups excluding carboxylic acids is 4. The number of aliphatic carboxylic acids is 1. The lowest BCUT2D eigenvalue weighted by atomic mass is 10.0. The summed E-state index contributed by atoms with van der Waals surface area (Å²) in [6.45, 7) is 7.34. The van der Waals surface area contributed by atoms with Crippen molar-refractivity contribution in [1.82, 2.24) is 25.8 Å². The fourth-order valence-corrected chi connectivity index (χ4v) is 5.59. The van der Waals surface area contributed by atoms with Crippen LogP contribution in [0, 0.1) is 12.8 Å². The number of aryl methyl sites for hydroxylation is 1. The van der Waals surface area contributed by atoms with Gasteiger partial charge in [0.1, 0.15) is 18.1 Å². The smallest absolute Gasteiger partial charge is 0.303 e. The molecule has 12 nitrogen and oxygen atoms in total. The van der Waals surface area contributed by atoms with Crippen molar-refractivity contribution in [3.63, 3.8) is 0 Å². The summed E-state index contributed by atoms with van der Waals surface area (Å²) in [6.07, 6.45) is -1.18. The van der Waals surface area contributed by atoms with Crippen molar-refractivity contribution < 1.29 is 34.2 Å². The molecule has 3 rings (SSSR count). The summed E-state index contributed by atoms with van der Waals surface area (Å²) in [5.41, 5.74) is 4.65. The lowest BCUT2D eigenvalue weighted by molar-refractivity contribution is -0.141. The van der Waals surface area contributed by atoms with Crippen LogP contribution in [0.15, 0.2) is 29.8 Å². The van der Waals surface area contributed by atoms with E-state index in [2.05, 4.69) is 20.9 Å². The average molecular weight is 602 g/mol. The molecular weight excluding hydrogens is 562 g/mol. The van der Waals surface area contributed by atoms with Crippen molar-refractivity contribution in [2.45, 2.75) is 84.2 Å². The Morgan fingerprint density at radius 2 is 1.76 bits per heavy atom. The minimum absolute atomic E-state index is 0.0290. The molecule has 228 valence electrons. The number of likely N-dealkylation sites (tertiary alicyclic amines) is 1. The number of β-amino-alcohol motifs (C(OH)–C–C–N with tert-alkyl or cyclic N) is 1. The van der Waals surface area contributed by atoms with Crippen LogP contribution < -0.4 is 16.0 Å². The first kappa shape index (κ1) is 32.7. The van der Waals surface area contributed by atoms with Gasteiger partial charge in [-0.2, -0.15) is 0 Å². The van der Waals surface area contributed by atoms with Gasteiger partial charge in [-0.15, -0.1) is 11.3 Å². The maximum atomic E-state index is 13.3. The quantitative estimate of drug-likeness (QED) is 0.230. The third-order valence-electron chi connectivity index (χ3n) is 6.95. The van der Waals surface area contributed by atoms with Crippen LogP contribution in [-0.4, -0.2) is 80.5 Å². The molecule has 0 saturated carbocycles. The lowest BCUT2D eigenvalue weighted by Gasteiger charge is -2.28. The van der Waals surface area contributed by atoms with Crippen molar-refractivity contribution in [3.8, 4) is 10.4 Å². The van der Waals surface area contributed by atoms with E-state index in [9.17, 15) is 29.1 Å². The van der Waals surface area contributed by atoms with Crippen molar-refractivity contribution in [3.05, 3.63) is 41.0 Å². The van der Waals surface area contributed by atoms with E-state index in [1.165, 1.54) is 11.8 Å². The maximum Gasteiger partial charge on any atom is 0.303 e. The molecule has 1 aromatic heterocycles. The second kappa shape index (κ2) is 14.9. The minimum atomic E-state index is -1.12. The third kappa shape index (κ3) is 9.08. The van der Waals surface area contributed by atoms with Crippen LogP contribution in [0.25, 0.3) is 10.4 Å². The number of rotatable bonds is 13. The molecule has 1 aliphatic heterocycles. The highest BCUT2D eigenvalue weighted by molar-refractivity contribution is 7.13. The van der Waals surface area contributed by atoms with E-state index in [0.29, 0.717) is 0 Å². The van der Waals surface area contributed by atoms with Gasteiger partial charge in [0, 0.05) is 25.9 Å². The molecule has 4 amide bonds. The van der Waals surface area contributed by atoms with Gasteiger partial charge in [-0.05, 0) is 37.3 Å². The van der Waals surface area contributed by atoms with Crippen molar-refractivity contribution >= 4 is 40.9 Å². The molecule has 2 aromatic rings. The van der Waals surface area contributed by atoms with Crippen LogP contribution in [0.3, 0.4) is 0 Å². The third-order valence-corrected chi connectivity index (χ3v) is 7.92. The van der Waals surface area contributed by atoms with Gasteiger partial charge in [0.25, 0.3) is 0 Å². The van der Waals surface area contributed by atoms with Crippen molar-refractivity contribution in [2.75, 3.05) is 6.54 Å². The number of thiazole rings is 1. The van der Waals surface area contributed by atoms with Gasteiger partial charge in [0.2, 0.25) is 23.6 Å². The molecule has 13 heteroatoms. The standard InChI is InChI=1S/C29H39N5O7S/c1-16(2)11-22(33-24(36)9-10-25(37)38)27(39)32-18(4)29(41)34-14-21(35)12-23(34)28(40)30-13-19-5-7-20(8-6-19)26-17(3)31-15-42-26/h5-8,15-16,18,21-23,35H,9-14H2,1-4H3,(H,30,40)(H,32,39)(H,33,36)(H,37,38)/t18?,21-,22+,23?/m1/s1. The van der Waals surface area contributed by atoms with Gasteiger partial charge >= 0.3 is 5.97 Å². The molecule has 1 aromatic carbocycles. The fraction of sp³-hybridized carbons (Fsp3) is 0.517. The molecule has 5 N–H and O–H groups in total. The van der Waals surface area contributed by atoms with Gasteiger partial charge in [-0.3, -0.25) is 24.0 Å². The number of carbonyl (C=O) groups is 5. The highest BCUT2D eigenvalue weighted by atomic mass is 32.1. The van der Waals surface area contributed by atoms with E-state index in [-0.39, 0.29) is 44.7 Å². The highest BCUT2D eigenvalue weighted by Crippen LogP contribution is 2.27. The van der Waals surface area contributed by atoms with Gasteiger partial charge < -0.3 is 31.1 Å². The number of carboxylic acid groups (broad SMARTS) is 1. The Labute approximate surface area is 248 Å². The zero-order valence-corrected chi connectivity index (χ0v) is 25.1. The molecule has 42 heavy (non-hydrogen) atoms. The summed E-state index contributed by atoms with van der Waals surface area (Å²) >= 11 is 1.56. The normalized spacial score (nSPS) is 17.9. The predicted octanol–water partition coefficient (Wildman–Crippen LogP) is 1.60. The molecule has 0 radical (unpaired) electrons. The predicted molar refractivity (Wildman–Crippen MR) is 156 cm³/mol. The van der Waals surface area contributed by atoms with Crippen molar-refractivity contribution in [2.24, 2.45) is 5.92 Å². The Hall–Kier alpha value is -3.84. The molecule has 2 unspecified atom stereocenters. The summed E-state index contributed by atoms with van der Waals surface area (Å²) in [4.78, 5) is 68.9. The second-order valence-corrected chi connectivity index (χ2v) is 11.8. The molecule has 2 heterocycles. The number of benzene rings is 1. The van der Waals surface area contributed by atoms with Crippen LogP contribution >= 0.6 is 11.3 Å². The Morgan fingerprint density at radius 1 is 1.07 bits per heavy atom. The number of aliphatic hydroxyl groups is 1. The molecule has 4 atom stereocenters. The van der Waals surface area contributed by atoms with E-state index in [0.717, 1.165) is 21.7 Å². The van der Waals surface area contributed by atoms with Gasteiger partial charge in [0.05, 0.1) is 28.6 Å². The monoisotopic (exact) mass is 601 g/mol. The second-order valence-electron chi connectivity index (χ2n) is 11.0. The van der Waals surface area contributed by atoms with Crippen LogP contribution in [-0.2, 0) is 30.5 Å². The van der Waals surface area contributed by atoms with Crippen LogP contribution in [0.5, 0.6) is 0 Å². The van der Waals surface area contributed by atoms with Gasteiger partial charge in [-0.25, -0.2) is 4.98 Å². The highest BCUT2D eigenvalue weighted by Gasteiger charge is 2.40. The first-order chi connectivity index (χ1) is 19.8. The number of nitrogens with zero attached hydrogens (tertiary/aromatic N) is 2. The first-order valence-electron chi connectivity index (χ1n) is 13.9. The molecule has 0 bridgehead atoms. The molecule has 1 fully saturated rings. The average Bonchev–Trinajstić information content (AvgIpc) is 3.54. The Bertz CT molecular complexity index is 1280. The number of hydrogen-bond donors (Lipinski definition) is 5. The molecule has 0 aliphatic carbocycles. The van der Waals surface area contributed by atoms with E-state index < -0.39 is 53.8 Å². The van der Waals surface area contributed by atoms with E-state index in [4.69, 9.17) is 5.11 Å². The topological polar surface area (TPSA) is 178 Å². The fourth-order valence-electron chi connectivity index (χ4n) is 4.78. The lowest BCUT2D eigenvalue weighted by Crippen LogP contribution is -2.56. The van der Waals surface area contributed by atoms with E-state index in [1.807, 2.05) is 45.0 Å². The van der Waals surface area contributed by atoms with E-state index in [1.54, 1.807) is 16.8 Å². The number of aliphatic hydroxyl groups excluding tert-OH is 1. The van der Waals surface area contributed by atoms with Gasteiger partial charge in [-0.1, -0.05) is 38.1 Å².